The fourth-order valence-corrected chi connectivity index (χ4v) is 2.38. The molecule has 1 aliphatic carbocycles. The van der Waals surface area contributed by atoms with E-state index in [1.165, 1.54) is 6.20 Å². The van der Waals surface area contributed by atoms with Gasteiger partial charge in [-0.2, -0.15) is 0 Å². The van der Waals surface area contributed by atoms with E-state index in [2.05, 4.69) is 9.97 Å². The van der Waals surface area contributed by atoms with Crippen molar-refractivity contribution in [1.82, 2.24) is 9.97 Å². The summed E-state index contributed by atoms with van der Waals surface area (Å²) in [7, 11) is 0. The van der Waals surface area contributed by atoms with Crippen molar-refractivity contribution < 1.29 is 18.0 Å². The number of halogens is 3. The molecule has 0 amide bonds. The molecule has 0 saturated carbocycles. The summed E-state index contributed by atoms with van der Waals surface area (Å²) < 4.78 is 39.5. The van der Waals surface area contributed by atoms with E-state index in [-0.39, 0.29) is 17.2 Å². The van der Waals surface area contributed by atoms with Crippen molar-refractivity contribution in [3.8, 4) is 11.4 Å². The number of carbonyl (C=O) groups excluding carboxylic acids is 1. The highest BCUT2D eigenvalue weighted by Crippen LogP contribution is 2.24. The van der Waals surface area contributed by atoms with E-state index in [1.54, 1.807) is 0 Å². The molecule has 0 radical (unpaired) electrons. The van der Waals surface area contributed by atoms with Crippen LogP contribution in [0.25, 0.3) is 11.4 Å². The third-order valence-electron chi connectivity index (χ3n) is 3.48. The molecule has 21 heavy (non-hydrogen) atoms. The average Bonchev–Trinajstić information content (AvgIpc) is 2.66. The largest absolute Gasteiger partial charge is 0.294 e. The number of benzene rings is 1. The Balaban J connectivity index is 2.08. The first-order chi connectivity index (χ1) is 10.1. The molecule has 3 rings (SSSR count). The smallest absolute Gasteiger partial charge is 0.194 e. The summed E-state index contributed by atoms with van der Waals surface area (Å²) >= 11 is 0. The maximum atomic E-state index is 13.3. The number of ketones is 1. The summed E-state index contributed by atoms with van der Waals surface area (Å²) in [6.07, 6.45) is 4.05. The van der Waals surface area contributed by atoms with Crippen LogP contribution in [0.1, 0.15) is 35.3 Å². The average molecular weight is 292 g/mol. The van der Waals surface area contributed by atoms with Crippen LogP contribution in [-0.2, 0) is 6.42 Å². The van der Waals surface area contributed by atoms with Gasteiger partial charge in [-0.3, -0.25) is 4.79 Å². The van der Waals surface area contributed by atoms with E-state index in [0.717, 1.165) is 25.0 Å². The molecule has 0 atom stereocenters. The highest BCUT2D eigenvalue weighted by molar-refractivity contribution is 5.97. The van der Waals surface area contributed by atoms with Crippen LogP contribution in [0.3, 0.4) is 0 Å². The highest BCUT2D eigenvalue weighted by Gasteiger charge is 2.19. The monoisotopic (exact) mass is 292 g/mol. The van der Waals surface area contributed by atoms with E-state index in [0.29, 0.717) is 24.1 Å². The van der Waals surface area contributed by atoms with Gasteiger partial charge in [-0.25, -0.2) is 23.1 Å². The first kappa shape index (κ1) is 13.7. The molecule has 1 aliphatic rings. The standard InChI is InChI=1S/C15H11F3N2O/c16-10-5-8(6-11(17)14(10)18)15-19-7-9-12(20-15)3-1-2-4-13(9)21/h5-7H,1-4H2. The Morgan fingerprint density at radius 2 is 1.67 bits per heavy atom. The lowest BCUT2D eigenvalue weighted by molar-refractivity contribution is 0.0981. The van der Waals surface area contributed by atoms with Crippen LogP contribution >= 0.6 is 0 Å². The molecule has 1 aromatic heterocycles. The normalized spacial score (nSPS) is 14.7. The minimum Gasteiger partial charge on any atom is -0.294 e. The molecule has 1 heterocycles. The van der Waals surface area contributed by atoms with Gasteiger partial charge < -0.3 is 0 Å². The fraction of sp³-hybridized carbons (Fsp3) is 0.267. The zero-order chi connectivity index (χ0) is 15.0. The lowest BCUT2D eigenvalue weighted by atomic mass is 10.1. The number of carbonyl (C=O) groups is 1. The zero-order valence-corrected chi connectivity index (χ0v) is 11.0. The predicted octanol–water partition coefficient (Wildman–Crippen LogP) is 3.47. The number of fused-ring (bicyclic) bond motifs is 1. The van der Waals surface area contributed by atoms with Crippen molar-refractivity contribution in [2.45, 2.75) is 25.7 Å². The topological polar surface area (TPSA) is 42.9 Å². The Hall–Kier alpha value is -2.24. The minimum absolute atomic E-state index is 0.0227. The van der Waals surface area contributed by atoms with E-state index in [1.807, 2.05) is 0 Å². The van der Waals surface area contributed by atoms with Gasteiger partial charge in [0.05, 0.1) is 11.3 Å². The van der Waals surface area contributed by atoms with Gasteiger partial charge in [0, 0.05) is 18.2 Å². The summed E-state index contributed by atoms with van der Waals surface area (Å²) in [6, 6.07) is 1.69. The van der Waals surface area contributed by atoms with Gasteiger partial charge in [0.1, 0.15) is 0 Å². The van der Waals surface area contributed by atoms with Crippen LogP contribution in [0, 0.1) is 17.5 Å². The number of rotatable bonds is 1. The maximum absolute atomic E-state index is 13.3. The minimum atomic E-state index is -1.52. The second kappa shape index (κ2) is 5.27. The Morgan fingerprint density at radius 1 is 1.00 bits per heavy atom. The molecule has 0 unspecified atom stereocenters. The lowest BCUT2D eigenvalue weighted by Gasteiger charge is -2.07. The maximum Gasteiger partial charge on any atom is 0.194 e. The van der Waals surface area contributed by atoms with Crippen molar-refractivity contribution >= 4 is 5.78 Å². The van der Waals surface area contributed by atoms with Crippen LogP contribution in [0.15, 0.2) is 18.3 Å². The zero-order valence-electron chi connectivity index (χ0n) is 11.0. The van der Waals surface area contributed by atoms with Crippen molar-refractivity contribution in [2.24, 2.45) is 0 Å². The van der Waals surface area contributed by atoms with Crippen LogP contribution in [0.5, 0.6) is 0 Å². The Kier molecular flexibility index (Phi) is 3.45. The first-order valence-electron chi connectivity index (χ1n) is 6.60. The van der Waals surface area contributed by atoms with Gasteiger partial charge in [-0.05, 0) is 31.4 Å². The third kappa shape index (κ3) is 2.53. The Bertz CT molecular complexity index is 708. The summed E-state index contributed by atoms with van der Waals surface area (Å²) in [5.74, 6) is -4.05. The van der Waals surface area contributed by atoms with E-state index < -0.39 is 17.5 Å². The van der Waals surface area contributed by atoms with E-state index >= 15 is 0 Å². The summed E-state index contributed by atoms with van der Waals surface area (Å²) in [6.45, 7) is 0. The number of hydrogen-bond acceptors (Lipinski definition) is 3. The van der Waals surface area contributed by atoms with Gasteiger partial charge in [0.25, 0.3) is 0 Å². The number of Topliss-reactive ketones (excluding diaryl/α,β-unsaturated/α-hetero) is 1. The van der Waals surface area contributed by atoms with Gasteiger partial charge in [-0.1, -0.05) is 0 Å². The van der Waals surface area contributed by atoms with Crippen LogP contribution < -0.4 is 0 Å². The molecule has 0 N–H and O–H groups in total. The Morgan fingerprint density at radius 3 is 2.38 bits per heavy atom. The number of hydrogen-bond donors (Lipinski definition) is 0. The molecule has 0 aliphatic heterocycles. The summed E-state index contributed by atoms with van der Waals surface area (Å²) in [5.41, 5.74) is 1.08. The quantitative estimate of drug-likeness (QED) is 0.597. The van der Waals surface area contributed by atoms with Crippen LogP contribution in [-0.4, -0.2) is 15.8 Å². The van der Waals surface area contributed by atoms with Gasteiger partial charge in [-0.15, -0.1) is 0 Å². The summed E-state index contributed by atoms with van der Waals surface area (Å²) in [5, 5.41) is 0. The lowest BCUT2D eigenvalue weighted by Crippen LogP contribution is -2.05. The molecular weight excluding hydrogens is 281 g/mol. The van der Waals surface area contributed by atoms with Crippen LogP contribution in [0.2, 0.25) is 0 Å². The van der Waals surface area contributed by atoms with Gasteiger partial charge in [0.2, 0.25) is 0 Å². The summed E-state index contributed by atoms with van der Waals surface area (Å²) in [4.78, 5) is 20.1. The van der Waals surface area contributed by atoms with Crippen LogP contribution in [0.4, 0.5) is 13.2 Å². The molecular formula is C15H11F3N2O. The molecule has 0 saturated heterocycles. The molecule has 6 heteroatoms. The molecule has 0 spiro atoms. The number of nitrogens with zero attached hydrogens (tertiary/aromatic N) is 2. The van der Waals surface area contributed by atoms with Gasteiger partial charge in [0.15, 0.2) is 29.1 Å². The molecule has 0 fully saturated rings. The van der Waals surface area contributed by atoms with Crippen molar-refractivity contribution in [1.29, 1.82) is 0 Å². The second-order valence-electron chi connectivity index (χ2n) is 4.94. The highest BCUT2D eigenvalue weighted by atomic mass is 19.2. The van der Waals surface area contributed by atoms with Crippen molar-refractivity contribution in [3.63, 3.8) is 0 Å². The van der Waals surface area contributed by atoms with Gasteiger partial charge >= 0.3 is 0 Å². The predicted molar refractivity (Wildman–Crippen MR) is 69.2 cm³/mol. The number of aryl methyl sites for hydroxylation is 1. The Labute approximate surface area is 118 Å². The molecule has 2 aromatic rings. The van der Waals surface area contributed by atoms with E-state index in [4.69, 9.17) is 0 Å². The SMILES string of the molecule is O=C1CCCCc2nc(-c3cc(F)c(F)c(F)c3)ncc21. The van der Waals surface area contributed by atoms with E-state index in [9.17, 15) is 18.0 Å². The second-order valence-corrected chi connectivity index (χ2v) is 4.94. The molecule has 108 valence electrons. The van der Waals surface area contributed by atoms with Crippen molar-refractivity contribution in [3.05, 3.63) is 47.0 Å². The molecule has 1 aromatic carbocycles. The first-order valence-corrected chi connectivity index (χ1v) is 6.60. The third-order valence-corrected chi connectivity index (χ3v) is 3.48. The van der Waals surface area contributed by atoms with Crippen molar-refractivity contribution in [2.75, 3.05) is 0 Å². The number of aromatic nitrogens is 2. The fourth-order valence-electron chi connectivity index (χ4n) is 2.38. The molecule has 0 bridgehead atoms. The molecule has 3 nitrogen and oxygen atoms in total.